The Labute approximate surface area is 200 Å². The minimum atomic E-state index is -3.63. The molecule has 0 fully saturated rings. The molecule has 6 nitrogen and oxygen atoms in total. The Balaban J connectivity index is 2.22. The molecule has 0 saturated heterocycles. The molecule has 33 heavy (non-hydrogen) atoms. The quantitative estimate of drug-likeness (QED) is 0.267. The van der Waals surface area contributed by atoms with Gasteiger partial charge in [-0.15, -0.1) is 11.8 Å². The zero-order valence-electron chi connectivity index (χ0n) is 19.3. The molecule has 1 aliphatic heterocycles. The van der Waals surface area contributed by atoms with Gasteiger partial charge in [0.05, 0.1) is 33.6 Å². The first-order valence-electron chi connectivity index (χ1n) is 11.1. The lowest BCUT2D eigenvalue weighted by atomic mass is 9.81. The standard InChI is InChI=1S/C25H31NO5S2/c1-4-6-13-25(5-2)17-26(19-10-8-7-9-11-19)20-15-22(32-3)21(31-14-12-24(27)28)16-23(20)33(29,30)18-25/h7-12,14-16H,4-6,13,17-18H2,1-3H3,(H,27,28)/b14-12+. The highest BCUT2D eigenvalue weighted by molar-refractivity contribution is 7.98. The topological polar surface area (TPSA) is 83.9 Å². The normalized spacial score (nSPS) is 19.8. The van der Waals surface area contributed by atoms with Crippen molar-refractivity contribution in [2.75, 3.05) is 23.5 Å². The van der Waals surface area contributed by atoms with Crippen LogP contribution in [0.25, 0.3) is 0 Å². The number of thioether (sulfide) groups is 1. The number of carboxylic acid groups (broad SMARTS) is 1. The van der Waals surface area contributed by atoms with Crippen LogP contribution < -0.4 is 9.64 Å². The number of sulfone groups is 1. The number of unbranched alkanes of at least 4 members (excludes halogenated alkanes) is 1. The maximum absolute atomic E-state index is 13.7. The number of nitrogens with zero attached hydrogens (tertiary/aromatic N) is 1. The van der Waals surface area contributed by atoms with Gasteiger partial charge in [-0.05, 0) is 37.3 Å². The van der Waals surface area contributed by atoms with E-state index in [2.05, 4.69) is 18.7 Å². The van der Waals surface area contributed by atoms with Crippen molar-refractivity contribution in [3.8, 4) is 5.75 Å². The van der Waals surface area contributed by atoms with Crippen LogP contribution in [0, 0.1) is 5.41 Å². The van der Waals surface area contributed by atoms with Gasteiger partial charge in [0.15, 0.2) is 9.84 Å². The van der Waals surface area contributed by atoms with Crippen molar-refractivity contribution >= 4 is 38.9 Å². The largest absolute Gasteiger partial charge is 0.478 e. The molecule has 8 heteroatoms. The Kier molecular flexibility index (Phi) is 8.13. The molecule has 0 bridgehead atoms. The highest BCUT2D eigenvalue weighted by atomic mass is 32.2. The fourth-order valence-corrected chi connectivity index (χ4v) is 7.00. The first kappa shape index (κ1) is 25.2. The molecular formula is C25H31NO5S2. The number of para-hydroxylation sites is 1. The molecule has 0 spiro atoms. The SMILES string of the molecule is CCCCC1(CC)CN(c2ccccc2)c2cc(SC)c(O/C=C/C(=O)O)cc2S(=O)(=O)C1. The zero-order valence-corrected chi connectivity index (χ0v) is 20.9. The predicted molar refractivity (Wildman–Crippen MR) is 133 cm³/mol. The van der Waals surface area contributed by atoms with Crippen molar-refractivity contribution in [1.82, 2.24) is 0 Å². The van der Waals surface area contributed by atoms with E-state index in [-0.39, 0.29) is 16.1 Å². The lowest BCUT2D eigenvalue weighted by molar-refractivity contribution is -0.131. The van der Waals surface area contributed by atoms with Crippen molar-refractivity contribution in [2.24, 2.45) is 5.41 Å². The Morgan fingerprint density at radius 1 is 1.24 bits per heavy atom. The average molecular weight is 490 g/mol. The van der Waals surface area contributed by atoms with E-state index in [1.807, 2.05) is 42.7 Å². The molecule has 2 aromatic carbocycles. The summed E-state index contributed by atoms with van der Waals surface area (Å²) >= 11 is 1.42. The second kappa shape index (κ2) is 10.7. The van der Waals surface area contributed by atoms with Crippen LogP contribution in [0.1, 0.15) is 39.5 Å². The van der Waals surface area contributed by atoms with Gasteiger partial charge in [0, 0.05) is 23.7 Å². The van der Waals surface area contributed by atoms with E-state index in [0.717, 1.165) is 48.6 Å². The molecule has 1 aliphatic rings. The summed E-state index contributed by atoms with van der Waals surface area (Å²) in [5.74, 6) is -0.745. The number of aliphatic carboxylic acids is 1. The molecule has 0 amide bonds. The molecule has 3 rings (SSSR count). The van der Waals surface area contributed by atoms with Crippen molar-refractivity contribution in [1.29, 1.82) is 0 Å². The number of anilines is 2. The molecule has 0 radical (unpaired) electrons. The Morgan fingerprint density at radius 3 is 2.58 bits per heavy atom. The predicted octanol–water partition coefficient (Wildman–Crippen LogP) is 5.90. The Morgan fingerprint density at radius 2 is 1.97 bits per heavy atom. The van der Waals surface area contributed by atoms with Gasteiger partial charge in [-0.2, -0.15) is 0 Å². The first-order valence-corrected chi connectivity index (χ1v) is 14.0. The fourth-order valence-electron chi connectivity index (χ4n) is 4.29. The number of carbonyl (C=O) groups is 1. The molecule has 2 aromatic rings. The summed E-state index contributed by atoms with van der Waals surface area (Å²) in [4.78, 5) is 13.9. The van der Waals surface area contributed by atoms with E-state index in [4.69, 9.17) is 9.84 Å². The summed E-state index contributed by atoms with van der Waals surface area (Å²) in [5, 5.41) is 8.87. The number of carboxylic acids is 1. The van der Waals surface area contributed by atoms with E-state index >= 15 is 0 Å². The average Bonchev–Trinajstić information content (AvgIpc) is 2.90. The van der Waals surface area contributed by atoms with Crippen LogP contribution in [0.5, 0.6) is 5.75 Å². The Bertz CT molecular complexity index is 1120. The van der Waals surface area contributed by atoms with Crippen LogP contribution in [0.2, 0.25) is 0 Å². The van der Waals surface area contributed by atoms with Crippen LogP contribution in [0.3, 0.4) is 0 Å². The van der Waals surface area contributed by atoms with Gasteiger partial charge in [0.25, 0.3) is 0 Å². The summed E-state index contributed by atoms with van der Waals surface area (Å²) in [6, 6.07) is 13.3. The molecule has 1 heterocycles. The molecule has 1 unspecified atom stereocenters. The zero-order chi connectivity index (χ0) is 24.1. The first-order chi connectivity index (χ1) is 15.7. The summed E-state index contributed by atoms with van der Waals surface area (Å²) in [5.41, 5.74) is 1.19. The van der Waals surface area contributed by atoms with E-state index in [1.165, 1.54) is 11.8 Å². The van der Waals surface area contributed by atoms with Gasteiger partial charge < -0.3 is 14.7 Å². The van der Waals surface area contributed by atoms with Gasteiger partial charge in [-0.1, -0.05) is 44.9 Å². The van der Waals surface area contributed by atoms with Crippen molar-refractivity contribution < 1.29 is 23.1 Å². The summed E-state index contributed by atoms with van der Waals surface area (Å²) in [7, 11) is -3.63. The summed E-state index contributed by atoms with van der Waals surface area (Å²) < 4.78 is 33.0. The molecular weight excluding hydrogens is 458 g/mol. The van der Waals surface area contributed by atoms with Crippen LogP contribution in [-0.2, 0) is 14.6 Å². The van der Waals surface area contributed by atoms with Gasteiger partial charge in [-0.25, -0.2) is 13.2 Å². The van der Waals surface area contributed by atoms with E-state index in [0.29, 0.717) is 18.0 Å². The number of benzene rings is 2. The number of hydrogen-bond acceptors (Lipinski definition) is 6. The van der Waals surface area contributed by atoms with Crippen LogP contribution in [-0.4, -0.2) is 38.0 Å². The Hall–Kier alpha value is -2.45. The minimum absolute atomic E-state index is 0.0653. The van der Waals surface area contributed by atoms with Gasteiger partial charge >= 0.3 is 5.97 Å². The van der Waals surface area contributed by atoms with Crippen LogP contribution in [0.4, 0.5) is 11.4 Å². The second-order valence-corrected chi connectivity index (χ2v) is 11.2. The highest BCUT2D eigenvalue weighted by Crippen LogP contribution is 2.47. The maximum Gasteiger partial charge on any atom is 0.331 e. The number of ether oxygens (including phenoxy) is 1. The minimum Gasteiger partial charge on any atom is -0.478 e. The van der Waals surface area contributed by atoms with Crippen molar-refractivity contribution in [2.45, 2.75) is 49.3 Å². The highest BCUT2D eigenvalue weighted by Gasteiger charge is 2.41. The molecule has 1 atom stereocenters. The third-order valence-corrected chi connectivity index (χ3v) is 8.89. The molecule has 178 valence electrons. The van der Waals surface area contributed by atoms with Gasteiger partial charge in [0.2, 0.25) is 0 Å². The lowest BCUT2D eigenvalue weighted by Gasteiger charge is -2.36. The summed E-state index contributed by atoms with van der Waals surface area (Å²) in [6.45, 7) is 4.80. The third-order valence-electron chi connectivity index (χ3n) is 6.14. The smallest absolute Gasteiger partial charge is 0.331 e. The van der Waals surface area contributed by atoms with Crippen molar-refractivity contribution in [3.63, 3.8) is 0 Å². The molecule has 0 aromatic heterocycles. The monoisotopic (exact) mass is 489 g/mol. The number of rotatable bonds is 9. The van der Waals surface area contributed by atoms with Gasteiger partial charge in [0.1, 0.15) is 5.75 Å². The summed E-state index contributed by atoms with van der Waals surface area (Å²) in [6.07, 6.45) is 7.38. The van der Waals surface area contributed by atoms with Crippen LogP contribution >= 0.6 is 11.8 Å². The second-order valence-electron chi connectivity index (χ2n) is 8.37. The van der Waals surface area contributed by atoms with E-state index < -0.39 is 15.8 Å². The number of fused-ring (bicyclic) bond motifs is 1. The number of hydrogen-bond donors (Lipinski definition) is 1. The van der Waals surface area contributed by atoms with E-state index in [9.17, 15) is 13.2 Å². The third kappa shape index (κ3) is 5.73. The van der Waals surface area contributed by atoms with Crippen LogP contribution in [0.15, 0.2) is 64.6 Å². The van der Waals surface area contributed by atoms with E-state index in [1.54, 1.807) is 6.07 Å². The molecule has 0 aliphatic carbocycles. The van der Waals surface area contributed by atoms with Crippen molar-refractivity contribution in [3.05, 3.63) is 54.8 Å². The molecule has 0 saturated carbocycles. The van der Waals surface area contributed by atoms with Gasteiger partial charge in [-0.3, -0.25) is 0 Å². The fraction of sp³-hybridized carbons (Fsp3) is 0.400. The molecule has 1 N–H and O–H groups in total. The lowest BCUT2D eigenvalue weighted by Crippen LogP contribution is -2.37. The maximum atomic E-state index is 13.7.